The Bertz CT molecular complexity index is 1680. The van der Waals surface area contributed by atoms with Crippen LogP contribution in [0, 0.1) is 26.6 Å². The molecule has 2 aromatic heterocycles. The highest BCUT2D eigenvalue weighted by Gasteiger charge is 2.30. The fraction of sp³-hybridized carbons (Fsp3) is 0.148. The van der Waals surface area contributed by atoms with Crippen LogP contribution in [0.2, 0.25) is 0 Å². The number of aryl methyl sites for hydroxylation is 3. The lowest BCUT2D eigenvalue weighted by molar-refractivity contribution is -0.137. The molecule has 0 saturated heterocycles. The molecule has 0 atom stereocenters. The van der Waals surface area contributed by atoms with Gasteiger partial charge in [0.2, 0.25) is 5.88 Å². The van der Waals surface area contributed by atoms with Crippen molar-refractivity contribution in [2.24, 2.45) is 0 Å². The third-order valence-electron chi connectivity index (χ3n) is 6.16. The van der Waals surface area contributed by atoms with Crippen LogP contribution < -0.4 is 10.1 Å². The second-order valence-corrected chi connectivity index (χ2v) is 8.67. The smallest absolute Gasteiger partial charge is 0.416 e. The van der Waals surface area contributed by atoms with Crippen LogP contribution in [0.3, 0.4) is 0 Å². The summed E-state index contributed by atoms with van der Waals surface area (Å²) in [7, 11) is 0. The molecule has 37 heavy (non-hydrogen) atoms. The van der Waals surface area contributed by atoms with Gasteiger partial charge in [0.1, 0.15) is 6.33 Å². The van der Waals surface area contributed by atoms with Gasteiger partial charge in [-0.3, -0.25) is 4.57 Å². The van der Waals surface area contributed by atoms with Crippen molar-refractivity contribution in [3.05, 3.63) is 89.1 Å². The van der Waals surface area contributed by atoms with Crippen molar-refractivity contribution in [3.8, 4) is 11.6 Å². The second-order valence-electron chi connectivity index (χ2n) is 8.67. The largest absolute Gasteiger partial charge is 0.435 e. The van der Waals surface area contributed by atoms with Gasteiger partial charge >= 0.3 is 12.2 Å². The van der Waals surface area contributed by atoms with Gasteiger partial charge in [-0.05, 0) is 86.5 Å². The van der Waals surface area contributed by atoms with Gasteiger partial charge in [0.05, 0.1) is 22.0 Å². The molecule has 0 aliphatic heterocycles. The minimum atomic E-state index is -4.48. The first-order chi connectivity index (χ1) is 17.5. The number of ether oxygens (including phenoxy) is 1. The van der Waals surface area contributed by atoms with Gasteiger partial charge in [-0.25, -0.2) is 19.2 Å². The number of fused-ring (bicyclic) bond motifs is 2. The monoisotopic (exact) mass is 508 g/mol. The molecule has 6 nitrogen and oxygen atoms in total. The molecule has 0 bridgehead atoms. The Kier molecular flexibility index (Phi) is 5.82. The first kappa shape index (κ1) is 24.2. The predicted octanol–water partition coefficient (Wildman–Crippen LogP) is 7.54. The molecule has 1 amide bonds. The predicted molar refractivity (Wildman–Crippen MR) is 132 cm³/mol. The number of hydrogen-bond donors (Lipinski definition) is 1. The molecule has 0 aliphatic rings. The number of hydrogen-bond acceptors (Lipinski definition) is 4. The molecule has 0 fully saturated rings. The summed E-state index contributed by atoms with van der Waals surface area (Å²) in [6.07, 6.45) is -3.14. The van der Waals surface area contributed by atoms with Crippen LogP contribution in [0.5, 0.6) is 11.6 Å². The van der Waals surface area contributed by atoms with Crippen LogP contribution in [-0.4, -0.2) is 20.6 Å². The van der Waals surface area contributed by atoms with E-state index >= 15 is 4.39 Å². The number of carbonyl (C=O) groups excluding carboxylic acids is 1. The number of rotatable bonds is 3. The van der Waals surface area contributed by atoms with Crippen LogP contribution in [-0.2, 0) is 6.18 Å². The van der Waals surface area contributed by atoms with Crippen LogP contribution in [0.4, 0.5) is 28.0 Å². The highest BCUT2D eigenvalue weighted by molar-refractivity contribution is 6.00. The molecule has 5 aromatic rings. The minimum Gasteiger partial charge on any atom is -0.435 e. The summed E-state index contributed by atoms with van der Waals surface area (Å²) in [5, 5.41) is 3.32. The van der Waals surface area contributed by atoms with Gasteiger partial charge in [-0.1, -0.05) is 0 Å². The Morgan fingerprint density at radius 1 is 0.919 bits per heavy atom. The Morgan fingerprint density at radius 2 is 1.62 bits per heavy atom. The molecule has 2 heterocycles. The lowest BCUT2D eigenvalue weighted by Crippen LogP contribution is -2.20. The molecule has 10 heteroatoms. The molecule has 0 unspecified atom stereocenters. The van der Waals surface area contributed by atoms with E-state index in [-0.39, 0.29) is 28.2 Å². The lowest BCUT2D eigenvalue weighted by atomic mass is 10.1. The number of carbonyl (C=O) groups is 1. The molecular formula is C27H20F4N4O2. The van der Waals surface area contributed by atoms with E-state index in [2.05, 4.69) is 15.3 Å². The fourth-order valence-corrected chi connectivity index (χ4v) is 4.11. The SMILES string of the molecule is Cc1cc2ncnc(Oc3ccc4c(cc(C)n4C(=O)Nc4ccc(C(F)(F)F)cc4)c3F)c2cc1C. The molecule has 3 aromatic carbocycles. The lowest BCUT2D eigenvalue weighted by Gasteiger charge is -2.12. The number of aromatic nitrogens is 3. The molecule has 188 valence electrons. The van der Waals surface area contributed by atoms with E-state index in [0.29, 0.717) is 16.6 Å². The van der Waals surface area contributed by atoms with Crippen LogP contribution in [0.25, 0.3) is 21.8 Å². The van der Waals surface area contributed by atoms with Gasteiger partial charge in [-0.15, -0.1) is 0 Å². The van der Waals surface area contributed by atoms with Gasteiger partial charge in [0.15, 0.2) is 11.6 Å². The highest BCUT2D eigenvalue weighted by atomic mass is 19.4. The highest BCUT2D eigenvalue weighted by Crippen LogP contribution is 2.34. The fourth-order valence-electron chi connectivity index (χ4n) is 4.11. The molecule has 0 saturated carbocycles. The maximum absolute atomic E-state index is 15.5. The zero-order valence-corrected chi connectivity index (χ0v) is 19.9. The quantitative estimate of drug-likeness (QED) is 0.256. The van der Waals surface area contributed by atoms with Gasteiger partial charge < -0.3 is 10.1 Å². The first-order valence-corrected chi connectivity index (χ1v) is 11.2. The average Bonchev–Trinajstić information content (AvgIpc) is 3.18. The molecule has 1 N–H and O–H groups in total. The summed E-state index contributed by atoms with van der Waals surface area (Å²) >= 11 is 0. The van der Waals surface area contributed by atoms with Crippen molar-refractivity contribution in [1.82, 2.24) is 14.5 Å². The topological polar surface area (TPSA) is 69.0 Å². The summed E-state index contributed by atoms with van der Waals surface area (Å²) in [6.45, 7) is 5.53. The van der Waals surface area contributed by atoms with Gasteiger partial charge in [0.25, 0.3) is 0 Å². The van der Waals surface area contributed by atoms with E-state index in [1.54, 1.807) is 6.92 Å². The number of alkyl halides is 3. The Labute approximate surface area is 208 Å². The maximum Gasteiger partial charge on any atom is 0.416 e. The van der Waals surface area contributed by atoms with Gasteiger partial charge in [0, 0.05) is 16.8 Å². The van der Waals surface area contributed by atoms with E-state index in [4.69, 9.17) is 4.74 Å². The molecule has 0 aliphatic carbocycles. The van der Waals surface area contributed by atoms with Crippen LogP contribution >= 0.6 is 0 Å². The Morgan fingerprint density at radius 3 is 2.32 bits per heavy atom. The number of benzene rings is 3. The number of nitrogens with one attached hydrogen (secondary N) is 1. The molecular weight excluding hydrogens is 488 g/mol. The molecule has 0 spiro atoms. The maximum atomic E-state index is 15.5. The van der Waals surface area contributed by atoms with Crippen molar-refractivity contribution in [1.29, 1.82) is 0 Å². The zero-order valence-electron chi connectivity index (χ0n) is 19.9. The third-order valence-corrected chi connectivity index (χ3v) is 6.16. The van der Waals surface area contributed by atoms with E-state index in [0.717, 1.165) is 35.4 Å². The number of halogens is 4. The van der Waals surface area contributed by atoms with Crippen molar-refractivity contribution in [2.45, 2.75) is 26.9 Å². The molecule has 0 radical (unpaired) electrons. The summed E-state index contributed by atoms with van der Waals surface area (Å²) in [4.78, 5) is 21.4. The standard InChI is InChI=1S/C27H20F4N4O2/c1-14-10-19-21(11-15(14)2)32-13-33-25(19)37-23-9-8-22-20(24(23)28)12-16(3)35(22)26(36)34-18-6-4-17(5-7-18)27(29,30)31/h4-13H,1-3H3,(H,34,36). The number of anilines is 1. The van der Waals surface area contributed by atoms with Crippen molar-refractivity contribution in [2.75, 3.05) is 5.32 Å². The summed E-state index contributed by atoms with van der Waals surface area (Å²) in [5.41, 5.74) is 2.76. The van der Waals surface area contributed by atoms with Crippen LogP contribution in [0.15, 0.2) is 60.9 Å². The van der Waals surface area contributed by atoms with E-state index < -0.39 is 23.6 Å². The number of nitrogens with zero attached hydrogens (tertiary/aromatic N) is 3. The normalized spacial score (nSPS) is 11.8. The first-order valence-electron chi connectivity index (χ1n) is 11.2. The van der Waals surface area contributed by atoms with Crippen LogP contribution in [0.1, 0.15) is 22.4 Å². The second kappa shape index (κ2) is 8.88. The van der Waals surface area contributed by atoms with Crippen molar-refractivity contribution in [3.63, 3.8) is 0 Å². The molecule has 5 rings (SSSR count). The zero-order chi connectivity index (χ0) is 26.5. The van der Waals surface area contributed by atoms with E-state index in [1.807, 2.05) is 26.0 Å². The number of amides is 1. The van der Waals surface area contributed by atoms with E-state index in [1.165, 1.54) is 29.1 Å². The summed E-state index contributed by atoms with van der Waals surface area (Å²) in [6, 6.07) is 11.6. The minimum absolute atomic E-state index is 0.0778. The third kappa shape index (κ3) is 4.46. The average molecular weight is 508 g/mol. The summed E-state index contributed by atoms with van der Waals surface area (Å²) in [5.74, 6) is -0.564. The van der Waals surface area contributed by atoms with Crippen molar-refractivity contribution >= 4 is 33.5 Å². The van der Waals surface area contributed by atoms with Crippen molar-refractivity contribution < 1.29 is 27.1 Å². The summed E-state index contributed by atoms with van der Waals surface area (Å²) < 4.78 is 61.0. The Balaban J connectivity index is 1.46. The Hall–Kier alpha value is -4.47. The van der Waals surface area contributed by atoms with Gasteiger partial charge in [-0.2, -0.15) is 13.2 Å². The van der Waals surface area contributed by atoms with E-state index in [9.17, 15) is 18.0 Å².